The largest absolute Gasteiger partial charge is 0.386 e. The van der Waals surface area contributed by atoms with Crippen molar-refractivity contribution in [1.82, 2.24) is 4.13 Å². The number of rotatable bonds is 2. The van der Waals surface area contributed by atoms with Crippen molar-refractivity contribution in [2.24, 2.45) is 0 Å². The molecule has 0 bridgehead atoms. The van der Waals surface area contributed by atoms with Gasteiger partial charge in [-0.2, -0.15) is 12.6 Å². The fourth-order valence-electron chi connectivity index (χ4n) is 0.128. The lowest BCUT2D eigenvalue weighted by atomic mass is 13.9. The Morgan fingerprint density at radius 3 is 1.56 bits per heavy atom. The molecule has 0 amide bonds. The molecule has 56 valence electrons. The molecule has 0 radical (unpaired) electrons. The van der Waals surface area contributed by atoms with Gasteiger partial charge in [0.15, 0.2) is 0 Å². The third-order valence-corrected chi connectivity index (χ3v) is 1.86. The minimum atomic E-state index is -5.37. The maximum atomic E-state index is 11.3. The van der Waals surface area contributed by atoms with Crippen LogP contribution >= 0.6 is 0 Å². The van der Waals surface area contributed by atoms with Gasteiger partial charge in [-0.25, -0.2) is 4.78 Å². The fraction of sp³-hybridized carbons (Fsp3) is 0. The van der Waals surface area contributed by atoms with Gasteiger partial charge in [-0.1, -0.05) is 8.01 Å². The van der Waals surface area contributed by atoms with Crippen LogP contribution in [0.5, 0.6) is 0 Å². The minimum Gasteiger partial charge on any atom is -0.212 e. The second kappa shape index (κ2) is 2.15. The predicted octanol–water partition coefficient (Wildman–Crippen LogP) is -0.363. The number of hydrogen-bond acceptors (Lipinski definition) is 4. The van der Waals surface area contributed by atoms with E-state index in [9.17, 15) is 20.4 Å². The van der Waals surface area contributed by atoms with E-state index in [-0.39, 0.29) is 0 Å². The zero-order valence-electron chi connectivity index (χ0n) is 3.80. The molecular weight excluding hydrogens is 178 g/mol. The summed E-state index contributed by atoms with van der Waals surface area (Å²) in [5, 5.41) is 0. The Kier molecular flexibility index (Phi) is 2.09. The van der Waals surface area contributed by atoms with E-state index in [0.717, 1.165) is 0 Å². The SMILES string of the molecule is N=S(=O)(F)NS(=O)(=O)F. The summed E-state index contributed by atoms with van der Waals surface area (Å²) >= 11 is 0. The van der Waals surface area contributed by atoms with Gasteiger partial charge in [0, 0.05) is 0 Å². The highest BCUT2D eigenvalue weighted by Crippen LogP contribution is 1.91. The van der Waals surface area contributed by atoms with Gasteiger partial charge in [-0.3, -0.25) is 0 Å². The first-order chi connectivity index (χ1) is 3.71. The number of hydrogen-bond donors (Lipinski definition) is 2. The molecule has 0 spiro atoms. The quantitative estimate of drug-likeness (QED) is 0.568. The van der Waals surface area contributed by atoms with E-state index >= 15 is 0 Å². The third-order valence-electron chi connectivity index (χ3n) is 0.207. The molecule has 2 N–H and O–H groups in total. The Labute approximate surface area is 50.8 Å². The van der Waals surface area contributed by atoms with Crippen molar-refractivity contribution in [1.29, 1.82) is 4.78 Å². The van der Waals surface area contributed by atoms with Gasteiger partial charge in [0.25, 0.3) is 10.3 Å². The van der Waals surface area contributed by atoms with Crippen LogP contribution in [-0.4, -0.2) is 12.6 Å². The topological polar surface area (TPSA) is 87.1 Å². The van der Waals surface area contributed by atoms with Crippen LogP contribution < -0.4 is 4.13 Å². The highest BCUT2D eigenvalue weighted by Gasteiger charge is 2.13. The van der Waals surface area contributed by atoms with Gasteiger partial charge in [-0.15, -0.1) is 3.89 Å². The zero-order chi connectivity index (χ0) is 7.71. The van der Waals surface area contributed by atoms with Gasteiger partial charge in [0.2, 0.25) is 0 Å². The van der Waals surface area contributed by atoms with Gasteiger partial charge in [0.05, 0.1) is 0 Å². The molecule has 0 saturated heterocycles. The van der Waals surface area contributed by atoms with Gasteiger partial charge in [0.1, 0.15) is 0 Å². The lowest BCUT2D eigenvalue weighted by Crippen LogP contribution is -2.21. The summed E-state index contributed by atoms with van der Waals surface area (Å²) in [5.74, 6) is 0. The van der Waals surface area contributed by atoms with Crippen molar-refractivity contribution >= 4 is 20.7 Å². The molecule has 0 aliphatic heterocycles. The average Bonchev–Trinajstić information content (AvgIpc) is 1.14. The van der Waals surface area contributed by atoms with Crippen molar-refractivity contribution in [2.75, 3.05) is 0 Å². The van der Waals surface area contributed by atoms with Gasteiger partial charge in [-0.05, 0) is 0 Å². The van der Waals surface area contributed by atoms with Crippen LogP contribution in [0.3, 0.4) is 0 Å². The standard InChI is InChI=1S/F2H2N2O3S2/c1-8(3,5)4-9(2,6)7/h(H2,3,4,5). The summed E-state index contributed by atoms with van der Waals surface area (Å²) in [7, 11) is -10.4. The van der Waals surface area contributed by atoms with Crippen LogP contribution in [0.25, 0.3) is 0 Å². The van der Waals surface area contributed by atoms with E-state index in [2.05, 4.69) is 0 Å². The molecule has 0 rings (SSSR count). The summed E-state index contributed by atoms with van der Waals surface area (Å²) in [4.78, 5) is 0. The van der Waals surface area contributed by atoms with Crippen molar-refractivity contribution in [3.8, 4) is 0 Å². The first kappa shape index (κ1) is 8.72. The normalized spacial score (nSPS) is 18.9. The van der Waals surface area contributed by atoms with E-state index in [1.54, 1.807) is 0 Å². The Bertz CT molecular complexity index is 243. The minimum absolute atomic E-state index is 0.292. The summed E-state index contributed by atoms with van der Waals surface area (Å²) in [6.07, 6.45) is 0. The lowest BCUT2D eigenvalue weighted by molar-refractivity contribution is 0.545. The maximum Gasteiger partial charge on any atom is 0.386 e. The van der Waals surface area contributed by atoms with Gasteiger partial charge >= 0.3 is 10.4 Å². The molecule has 0 aliphatic carbocycles. The maximum absolute atomic E-state index is 11.3. The molecule has 5 nitrogen and oxygen atoms in total. The van der Waals surface area contributed by atoms with E-state index in [1.165, 1.54) is 0 Å². The molecule has 1 unspecified atom stereocenters. The molecule has 9 heavy (non-hydrogen) atoms. The molecule has 9 heteroatoms. The first-order valence-electron chi connectivity index (χ1n) is 1.42. The Morgan fingerprint density at radius 2 is 1.56 bits per heavy atom. The summed E-state index contributed by atoms with van der Waals surface area (Å²) < 4.78 is 56.7. The van der Waals surface area contributed by atoms with Crippen LogP contribution in [0.15, 0.2) is 0 Å². The Morgan fingerprint density at radius 1 is 1.22 bits per heavy atom. The van der Waals surface area contributed by atoms with Crippen molar-refractivity contribution < 1.29 is 20.4 Å². The van der Waals surface area contributed by atoms with E-state index in [4.69, 9.17) is 4.78 Å². The van der Waals surface area contributed by atoms with Crippen molar-refractivity contribution in [3.05, 3.63) is 0 Å². The molecule has 0 aromatic rings. The molecular formula is H2F2N2O3S2. The molecule has 1 atom stereocenters. The van der Waals surface area contributed by atoms with Crippen LogP contribution in [0.1, 0.15) is 0 Å². The van der Waals surface area contributed by atoms with Crippen molar-refractivity contribution in [3.63, 3.8) is 0 Å². The summed E-state index contributed by atoms with van der Waals surface area (Å²) in [5.41, 5.74) is 0. The van der Waals surface area contributed by atoms with Crippen LogP contribution in [0.2, 0.25) is 0 Å². The van der Waals surface area contributed by atoms with E-state index < -0.39 is 20.7 Å². The highest BCUT2D eigenvalue weighted by molar-refractivity contribution is 8.00. The second-order valence-electron chi connectivity index (χ2n) is 1.01. The Balaban J connectivity index is 4.46. The molecule has 0 aromatic heterocycles. The van der Waals surface area contributed by atoms with Crippen LogP contribution in [0.4, 0.5) is 7.77 Å². The summed E-state index contributed by atoms with van der Waals surface area (Å²) in [6.45, 7) is 0. The monoisotopic (exact) mass is 180 g/mol. The van der Waals surface area contributed by atoms with Crippen molar-refractivity contribution in [2.45, 2.75) is 0 Å². The smallest absolute Gasteiger partial charge is 0.212 e. The molecule has 0 saturated carbocycles. The van der Waals surface area contributed by atoms with Crippen LogP contribution in [-0.2, 0) is 20.7 Å². The molecule has 0 fully saturated rings. The van der Waals surface area contributed by atoms with Gasteiger partial charge < -0.3 is 0 Å². The molecule has 0 aromatic carbocycles. The Hall–Kier alpha value is -0.280. The first-order valence-corrected chi connectivity index (χ1v) is 4.26. The van der Waals surface area contributed by atoms with Crippen LogP contribution in [0, 0.1) is 4.78 Å². The zero-order valence-corrected chi connectivity index (χ0v) is 5.43. The highest BCUT2D eigenvalue weighted by atomic mass is 32.3. The fourth-order valence-corrected chi connectivity index (χ4v) is 1.15. The number of nitrogens with one attached hydrogen (secondary N) is 2. The predicted molar refractivity (Wildman–Crippen MR) is 25.1 cm³/mol. The van der Waals surface area contributed by atoms with E-state index in [0.29, 0.717) is 4.13 Å². The second-order valence-corrected chi connectivity index (χ2v) is 3.52. The van der Waals surface area contributed by atoms with E-state index in [1.807, 2.05) is 0 Å². The number of halogens is 2. The molecule has 0 heterocycles. The third kappa shape index (κ3) is 7.72. The lowest BCUT2D eigenvalue weighted by Gasteiger charge is -1.90. The summed E-state index contributed by atoms with van der Waals surface area (Å²) in [6, 6.07) is 0. The molecule has 0 aliphatic rings. The average molecular weight is 180 g/mol.